The highest BCUT2D eigenvalue weighted by Gasteiger charge is 2.11. The Morgan fingerprint density at radius 2 is 1.71 bits per heavy atom. The van der Waals surface area contributed by atoms with Crippen molar-refractivity contribution in [1.29, 1.82) is 0 Å². The Kier molecular flexibility index (Phi) is 2.89. The standard InChI is InChI=1S/C14H16/c1-12-6-8-14(9-7-12)11-10-13-4-2-3-5-13/h6-9,13H,2-5H2,1H3. The predicted molar refractivity (Wildman–Crippen MR) is 60.0 cm³/mol. The first-order valence-electron chi connectivity index (χ1n) is 5.43. The van der Waals surface area contributed by atoms with Crippen LogP contribution in [0.4, 0.5) is 0 Å². The smallest absolute Gasteiger partial charge is 0.0245 e. The van der Waals surface area contributed by atoms with E-state index < -0.39 is 0 Å². The molecule has 0 unspecified atom stereocenters. The molecule has 0 atom stereocenters. The SMILES string of the molecule is Cc1ccc(C#CC2CCCC2)cc1. The largest absolute Gasteiger partial charge is 0.0945 e. The summed E-state index contributed by atoms with van der Waals surface area (Å²) < 4.78 is 0. The summed E-state index contributed by atoms with van der Waals surface area (Å²) in [5, 5.41) is 0. The monoisotopic (exact) mass is 184 g/mol. The lowest BCUT2D eigenvalue weighted by Crippen LogP contribution is -1.86. The Morgan fingerprint density at radius 3 is 2.36 bits per heavy atom. The van der Waals surface area contributed by atoms with Crippen molar-refractivity contribution >= 4 is 0 Å². The maximum Gasteiger partial charge on any atom is 0.0245 e. The van der Waals surface area contributed by atoms with E-state index in [0.29, 0.717) is 5.92 Å². The molecule has 1 aliphatic carbocycles. The molecule has 0 aromatic heterocycles. The third-order valence-corrected chi connectivity index (χ3v) is 2.83. The van der Waals surface area contributed by atoms with Gasteiger partial charge in [-0.1, -0.05) is 42.4 Å². The van der Waals surface area contributed by atoms with E-state index in [0.717, 1.165) is 5.56 Å². The van der Waals surface area contributed by atoms with Gasteiger partial charge in [0.05, 0.1) is 0 Å². The van der Waals surface area contributed by atoms with E-state index in [4.69, 9.17) is 0 Å². The molecule has 1 fully saturated rings. The number of benzene rings is 1. The second kappa shape index (κ2) is 4.33. The van der Waals surface area contributed by atoms with Gasteiger partial charge in [0.25, 0.3) is 0 Å². The Bertz CT molecular complexity index is 342. The van der Waals surface area contributed by atoms with E-state index in [1.165, 1.54) is 31.2 Å². The van der Waals surface area contributed by atoms with Gasteiger partial charge in [-0.15, -0.1) is 0 Å². The van der Waals surface area contributed by atoms with Gasteiger partial charge in [0, 0.05) is 11.5 Å². The summed E-state index contributed by atoms with van der Waals surface area (Å²) in [5.41, 5.74) is 2.46. The first-order chi connectivity index (χ1) is 6.84. The van der Waals surface area contributed by atoms with E-state index >= 15 is 0 Å². The highest BCUT2D eigenvalue weighted by molar-refractivity contribution is 5.36. The van der Waals surface area contributed by atoms with Crippen molar-refractivity contribution in [3.8, 4) is 11.8 Å². The molecule has 0 spiro atoms. The molecule has 0 nitrogen and oxygen atoms in total. The van der Waals surface area contributed by atoms with Gasteiger partial charge >= 0.3 is 0 Å². The van der Waals surface area contributed by atoms with Crippen LogP contribution < -0.4 is 0 Å². The number of aryl methyl sites for hydroxylation is 1. The van der Waals surface area contributed by atoms with Crippen molar-refractivity contribution in [1.82, 2.24) is 0 Å². The van der Waals surface area contributed by atoms with Crippen molar-refractivity contribution < 1.29 is 0 Å². The number of hydrogen-bond donors (Lipinski definition) is 0. The van der Waals surface area contributed by atoms with Crippen molar-refractivity contribution in [3.63, 3.8) is 0 Å². The van der Waals surface area contributed by atoms with Crippen molar-refractivity contribution in [2.75, 3.05) is 0 Å². The molecule has 1 saturated carbocycles. The van der Waals surface area contributed by atoms with Crippen LogP contribution in [0.25, 0.3) is 0 Å². The summed E-state index contributed by atoms with van der Waals surface area (Å²) in [4.78, 5) is 0. The van der Waals surface area contributed by atoms with Crippen LogP contribution in [-0.2, 0) is 0 Å². The Hall–Kier alpha value is -1.22. The normalized spacial score (nSPS) is 16.4. The van der Waals surface area contributed by atoms with Crippen LogP contribution in [0.5, 0.6) is 0 Å². The lowest BCUT2D eigenvalue weighted by molar-refractivity contribution is 0.712. The van der Waals surface area contributed by atoms with Crippen LogP contribution in [0, 0.1) is 24.7 Å². The average molecular weight is 184 g/mol. The summed E-state index contributed by atoms with van der Waals surface area (Å²) in [5.74, 6) is 7.29. The summed E-state index contributed by atoms with van der Waals surface area (Å²) in [6.07, 6.45) is 5.35. The fourth-order valence-corrected chi connectivity index (χ4v) is 1.89. The van der Waals surface area contributed by atoms with Gasteiger partial charge in [-0.05, 0) is 31.9 Å². The zero-order chi connectivity index (χ0) is 9.80. The molecular formula is C14H16. The fourth-order valence-electron chi connectivity index (χ4n) is 1.89. The fraction of sp³-hybridized carbons (Fsp3) is 0.429. The lowest BCUT2D eigenvalue weighted by Gasteiger charge is -1.96. The van der Waals surface area contributed by atoms with Gasteiger partial charge < -0.3 is 0 Å². The molecule has 1 aromatic rings. The van der Waals surface area contributed by atoms with Crippen LogP contribution in [-0.4, -0.2) is 0 Å². The van der Waals surface area contributed by atoms with Crippen LogP contribution in [0.3, 0.4) is 0 Å². The van der Waals surface area contributed by atoms with E-state index in [1.807, 2.05) is 0 Å². The minimum atomic E-state index is 0.663. The Balaban J connectivity index is 2.05. The van der Waals surface area contributed by atoms with Gasteiger partial charge in [0.2, 0.25) is 0 Å². The third kappa shape index (κ3) is 2.39. The van der Waals surface area contributed by atoms with Crippen molar-refractivity contribution in [2.24, 2.45) is 5.92 Å². The van der Waals surface area contributed by atoms with E-state index in [2.05, 4.69) is 43.0 Å². The van der Waals surface area contributed by atoms with Crippen LogP contribution in [0.1, 0.15) is 36.8 Å². The topological polar surface area (TPSA) is 0 Å². The second-order valence-electron chi connectivity index (χ2n) is 4.12. The Labute approximate surface area is 86.3 Å². The molecule has 0 radical (unpaired) electrons. The highest BCUT2D eigenvalue weighted by atomic mass is 14.1. The van der Waals surface area contributed by atoms with Gasteiger partial charge in [-0.3, -0.25) is 0 Å². The summed E-state index contributed by atoms with van der Waals surface area (Å²) >= 11 is 0. The predicted octanol–water partition coefficient (Wildman–Crippen LogP) is 3.54. The van der Waals surface area contributed by atoms with E-state index in [-0.39, 0.29) is 0 Å². The van der Waals surface area contributed by atoms with Crippen molar-refractivity contribution in [2.45, 2.75) is 32.6 Å². The Morgan fingerprint density at radius 1 is 1.07 bits per heavy atom. The molecule has 0 aliphatic heterocycles. The molecule has 0 amide bonds. The maximum absolute atomic E-state index is 3.37. The first-order valence-corrected chi connectivity index (χ1v) is 5.43. The molecule has 72 valence electrons. The van der Waals surface area contributed by atoms with Crippen LogP contribution in [0.15, 0.2) is 24.3 Å². The molecule has 0 heteroatoms. The van der Waals surface area contributed by atoms with Gasteiger partial charge in [-0.25, -0.2) is 0 Å². The quantitative estimate of drug-likeness (QED) is 0.541. The summed E-state index contributed by atoms with van der Waals surface area (Å²) in [7, 11) is 0. The molecule has 1 aromatic carbocycles. The first kappa shape index (κ1) is 9.34. The van der Waals surface area contributed by atoms with E-state index in [1.54, 1.807) is 0 Å². The average Bonchev–Trinajstić information content (AvgIpc) is 2.70. The second-order valence-corrected chi connectivity index (χ2v) is 4.12. The highest BCUT2D eigenvalue weighted by Crippen LogP contribution is 2.23. The minimum absolute atomic E-state index is 0.663. The summed E-state index contributed by atoms with van der Waals surface area (Å²) in [6.45, 7) is 2.11. The molecule has 0 heterocycles. The summed E-state index contributed by atoms with van der Waals surface area (Å²) in [6, 6.07) is 8.46. The molecule has 0 N–H and O–H groups in total. The van der Waals surface area contributed by atoms with Crippen LogP contribution in [0.2, 0.25) is 0 Å². The molecule has 2 rings (SSSR count). The van der Waals surface area contributed by atoms with Gasteiger partial charge in [-0.2, -0.15) is 0 Å². The van der Waals surface area contributed by atoms with Gasteiger partial charge in [0.15, 0.2) is 0 Å². The molecule has 14 heavy (non-hydrogen) atoms. The molecule has 0 bridgehead atoms. The zero-order valence-electron chi connectivity index (χ0n) is 8.72. The molecule has 0 saturated heterocycles. The van der Waals surface area contributed by atoms with Crippen molar-refractivity contribution in [3.05, 3.63) is 35.4 Å². The van der Waals surface area contributed by atoms with Crippen LogP contribution >= 0.6 is 0 Å². The number of rotatable bonds is 0. The lowest BCUT2D eigenvalue weighted by atomic mass is 10.1. The minimum Gasteiger partial charge on any atom is -0.0945 e. The van der Waals surface area contributed by atoms with E-state index in [9.17, 15) is 0 Å². The molecular weight excluding hydrogens is 168 g/mol. The zero-order valence-corrected chi connectivity index (χ0v) is 8.72. The maximum atomic E-state index is 3.37. The third-order valence-electron chi connectivity index (χ3n) is 2.83. The van der Waals surface area contributed by atoms with Gasteiger partial charge in [0.1, 0.15) is 0 Å². The molecule has 1 aliphatic rings. The number of hydrogen-bond acceptors (Lipinski definition) is 0.